The highest BCUT2D eigenvalue weighted by molar-refractivity contribution is 5.00. The first-order valence-electron chi connectivity index (χ1n) is 6.34. The van der Waals surface area contributed by atoms with Crippen LogP contribution in [-0.2, 0) is 0 Å². The van der Waals surface area contributed by atoms with E-state index in [1.807, 2.05) is 0 Å². The molecule has 2 heteroatoms. The van der Waals surface area contributed by atoms with Crippen molar-refractivity contribution in [2.75, 3.05) is 32.7 Å². The topological polar surface area (TPSA) is 15.3 Å². The van der Waals surface area contributed by atoms with E-state index in [4.69, 9.17) is 0 Å². The van der Waals surface area contributed by atoms with Gasteiger partial charge in [-0.2, -0.15) is 0 Å². The molecule has 88 valence electrons. The van der Waals surface area contributed by atoms with Crippen LogP contribution in [0.2, 0.25) is 0 Å². The van der Waals surface area contributed by atoms with Crippen molar-refractivity contribution < 1.29 is 0 Å². The van der Waals surface area contributed by atoms with Gasteiger partial charge in [-0.25, -0.2) is 0 Å². The Bertz CT molecular complexity index is 221. The van der Waals surface area contributed by atoms with Gasteiger partial charge in [-0.3, -0.25) is 0 Å². The summed E-state index contributed by atoms with van der Waals surface area (Å²) in [5.41, 5.74) is 1.03. The minimum absolute atomic E-state index is 0.514. The molecule has 0 radical (unpaired) electrons. The number of nitrogens with one attached hydrogen (secondary N) is 1. The van der Waals surface area contributed by atoms with Crippen LogP contribution in [0.25, 0.3) is 0 Å². The van der Waals surface area contributed by atoms with Gasteiger partial charge in [0.25, 0.3) is 0 Å². The van der Waals surface area contributed by atoms with Crippen LogP contribution in [0.15, 0.2) is 0 Å². The molecule has 2 aliphatic heterocycles. The van der Waals surface area contributed by atoms with Crippen LogP contribution in [0.1, 0.15) is 34.1 Å². The van der Waals surface area contributed by atoms with E-state index >= 15 is 0 Å². The molecule has 2 saturated heterocycles. The third-order valence-electron chi connectivity index (χ3n) is 3.79. The van der Waals surface area contributed by atoms with Crippen molar-refractivity contribution in [3.05, 3.63) is 0 Å². The van der Waals surface area contributed by atoms with Gasteiger partial charge in [0.1, 0.15) is 0 Å². The predicted octanol–water partition coefficient (Wildman–Crippen LogP) is 1.96. The molecular weight excluding hydrogens is 184 g/mol. The summed E-state index contributed by atoms with van der Waals surface area (Å²) in [5, 5.41) is 3.61. The SMILES string of the molecule is CC(C)CN1C[C@@]2(C)CNC[C@](C)(C1)C2. The van der Waals surface area contributed by atoms with Crippen LogP contribution in [0, 0.1) is 16.7 Å². The maximum absolute atomic E-state index is 3.61. The molecule has 2 heterocycles. The number of piperidine rings is 2. The molecule has 15 heavy (non-hydrogen) atoms. The van der Waals surface area contributed by atoms with Crippen LogP contribution in [-0.4, -0.2) is 37.6 Å². The average molecular weight is 210 g/mol. The molecule has 0 aromatic carbocycles. The second-order valence-electron chi connectivity index (χ2n) is 6.97. The molecule has 0 aromatic rings. The van der Waals surface area contributed by atoms with E-state index < -0.39 is 0 Å². The third-order valence-corrected chi connectivity index (χ3v) is 3.79. The molecule has 0 spiro atoms. The second kappa shape index (κ2) is 3.74. The van der Waals surface area contributed by atoms with Crippen molar-refractivity contribution in [1.29, 1.82) is 0 Å². The van der Waals surface area contributed by atoms with E-state index in [0.29, 0.717) is 10.8 Å². The number of hydrogen-bond acceptors (Lipinski definition) is 2. The summed E-state index contributed by atoms with van der Waals surface area (Å²) < 4.78 is 0. The van der Waals surface area contributed by atoms with Crippen molar-refractivity contribution in [3.8, 4) is 0 Å². The zero-order valence-electron chi connectivity index (χ0n) is 10.8. The number of nitrogens with zero attached hydrogens (tertiary/aromatic N) is 1. The van der Waals surface area contributed by atoms with Gasteiger partial charge in [-0.05, 0) is 23.2 Å². The van der Waals surface area contributed by atoms with Crippen molar-refractivity contribution in [3.63, 3.8) is 0 Å². The Morgan fingerprint density at radius 1 is 1.13 bits per heavy atom. The predicted molar refractivity (Wildman–Crippen MR) is 65.0 cm³/mol. The lowest BCUT2D eigenvalue weighted by atomic mass is 9.66. The number of likely N-dealkylation sites (tertiary alicyclic amines) is 1. The first-order chi connectivity index (χ1) is 6.91. The molecule has 0 aliphatic carbocycles. The molecule has 2 rings (SSSR count). The van der Waals surface area contributed by atoms with Crippen LogP contribution in [0.4, 0.5) is 0 Å². The molecule has 2 nitrogen and oxygen atoms in total. The molecule has 2 bridgehead atoms. The summed E-state index contributed by atoms with van der Waals surface area (Å²) >= 11 is 0. The van der Waals surface area contributed by atoms with Crippen LogP contribution in [0.5, 0.6) is 0 Å². The minimum atomic E-state index is 0.514. The van der Waals surface area contributed by atoms with Gasteiger partial charge in [-0.15, -0.1) is 0 Å². The first-order valence-corrected chi connectivity index (χ1v) is 6.34. The van der Waals surface area contributed by atoms with Gasteiger partial charge in [-0.1, -0.05) is 27.7 Å². The lowest BCUT2D eigenvalue weighted by Gasteiger charge is -2.54. The fraction of sp³-hybridized carbons (Fsp3) is 1.00. The fourth-order valence-electron chi connectivity index (χ4n) is 3.83. The van der Waals surface area contributed by atoms with E-state index in [2.05, 4.69) is 37.9 Å². The number of hydrogen-bond donors (Lipinski definition) is 1. The molecule has 0 saturated carbocycles. The lowest BCUT2D eigenvalue weighted by Crippen LogP contribution is -2.61. The Balaban J connectivity index is 2.07. The van der Waals surface area contributed by atoms with Crippen molar-refractivity contribution >= 4 is 0 Å². The van der Waals surface area contributed by atoms with E-state index in [0.717, 1.165) is 5.92 Å². The Morgan fingerprint density at radius 3 is 2.13 bits per heavy atom. The first kappa shape index (κ1) is 11.4. The zero-order valence-corrected chi connectivity index (χ0v) is 10.8. The summed E-state index contributed by atoms with van der Waals surface area (Å²) in [5.74, 6) is 0.795. The van der Waals surface area contributed by atoms with E-state index in [-0.39, 0.29) is 0 Å². The smallest absolute Gasteiger partial charge is 0.00481 e. The molecule has 2 aliphatic rings. The van der Waals surface area contributed by atoms with E-state index in [1.54, 1.807) is 0 Å². The van der Waals surface area contributed by atoms with Crippen molar-refractivity contribution in [1.82, 2.24) is 10.2 Å². The highest BCUT2D eigenvalue weighted by Gasteiger charge is 2.45. The fourth-order valence-corrected chi connectivity index (χ4v) is 3.83. The molecule has 1 N–H and O–H groups in total. The Hall–Kier alpha value is -0.0800. The lowest BCUT2D eigenvalue weighted by molar-refractivity contribution is -0.0241. The molecule has 2 atom stereocenters. The minimum Gasteiger partial charge on any atom is -0.316 e. The van der Waals surface area contributed by atoms with Crippen LogP contribution in [0.3, 0.4) is 0 Å². The van der Waals surface area contributed by atoms with Gasteiger partial charge in [0.05, 0.1) is 0 Å². The van der Waals surface area contributed by atoms with E-state index in [9.17, 15) is 0 Å². The van der Waals surface area contributed by atoms with Gasteiger partial charge < -0.3 is 10.2 Å². The van der Waals surface area contributed by atoms with Crippen LogP contribution >= 0.6 is 0 Å². The van der Waals surface area contributed by atoms with Gasteiger partial charge >= 0.3 is 0 Å². The largest absolute Gasteiger partial charge is 0.316 e. The van der Waals surface area contributed by atoms with Gasteiger partial charge in [0.15, 0.2) is 0 Å². The molecule has 2 fully saturated rings. The maximum atomic E-state index is 3.61. The van der Waals surface area contributed by atoms with Crippen molar-refractivity contribution in [2.45, 2.75) is 34.1 Å². The Morgan fingerprint density at radius 2 is 1.67 bits per heavy atom. The number of fused-ring (bicyclic) bond motifs is 2. The zero-order chi connectivity index (χ0) is 11.1. The van der Waals surface area contributed by atoms with Crippen LogP contribution < -0.4 is 5.32 Å². The molecule has 0 aromatic heterocycles. The summed E-state index contributed by atoms with van der Waals surface area (Å²) in [6.45, 7) is 15.8. The van der Waals surface area contributed by atoms with Gasteiger partial charge in [0, 0.05) is 32.7 Å². The maximum Gasteiger partial charge on any atom is 0.00481 e. The summed E-state index contributed by atoms with van der Waals surface area (Å²) in [7, 11) is 0. The second-order valence-corrected chi connectivity index (χ2v) is 6.97. The average Bonchev–Trinajstić information content (AvgIpc) is 1.97. The highest BCUT2D eigenvalue weighted by atomic mass is 15.2. The van der Waals surface area contributed by atoms with Crippen molar-refractivity contribution in [2.24, 2.45) is 16.7 Å². The standard InChI is InChI=1S/C13H26N2/c1-11(2)5-15-9-12(3)6-13(4,10-15)8-14-7-12/h11,14H,5-10H2,1-4H3/t12-,13-/m1/s1. The Kier molecular flexibility index (Phi) is 2.85. The summed E-state index contributed by atoms with van der Waals surface area (Å²) in [6.07, 6.45) is 1.40. The monoisotopic (exact) mass is 210 g/mol. The normalized spacial score (nSPS) is 42.2. The van der Waals surface area contributed by atoms with Gasteiger partial charge in [0.2, 0.25) is 0 Å². The quantitative estimate of drug-likeness (QED) is 0.749. The summed E-state index contributed by atoms with van der Waals surface area (Å²) in [4.78, 5) is 2.69. The molecule has 0 unspecified atom stereocenters. The third kappa shape index (κ3) is 2.54. The number of rotatable bonds is 2. The molecular formula is C13H26N2. The Labute approximate surface area is 94.4 Å². The summed E-state index contributed by atoms with van der Waals surface area (Å²) in [6, 6.07) is 0. The van der Waals surface area contributed by atoms with E-state index in [1.165, 1.54) is 39.1 Å². The molecule has 0 amide bonds. The highest BCUT2D eigenvalue weighted by Crippen LogP contribution is 2.42.